The van der Waals surface area contributed by atoms with Gasteiger partial charge in [0, 0.05) is 32.5 Å². The van der Waals surface area contributed by atoms with Crippen LogP contribution in [0.1, 0.15) is 49.7 Å². The lowest BCUT2D eigenvalue weighted by molar-refractivity contribution is -0.139. The fraction of sp³-hybridized carbons (Fsp3) is 0.480. The number of aldehydes is 2. The SMILES string of the molecule is NC(=O)C(CC=O)NC(=O)Cc1ccc(CNC(=O)NCCCCCNC(=O)NC(CCC=O)C(=O)O)cc1. The lowest BCUT2D eigenvalue weighted by Crippen LogP contribution is -2.46. The number of primary amides is 1. The average Bonchev–Trinajstić information content (AvgIpc) is 2.89. The Morgan fingerprint density at radius 3 is 1.97 bits per heavy atom. The van der Waals surface area contributed by atoms with Gasteiger partial charge in [-0.25, -0.2) is 14.4 Å². The van der Waals surface area contributed by atoms with Crippen LogP contribution in [-0.4, -0.2) is 72.7 Å². The molecule has 2 unspecified atom stereocenters. The van der Waals surface area contributed by atoms with E-state index in [1.807, 2.05) is 0 Å². The minimum atomic E-state index is -1.21. The highest BCUT2D eigenvalue weighted by molar-refractivity contribution is 5.89. The number of hydrogen-bond donors (Lipinski definition) is 7. The van der Waals surface area contributed by atoms with E-state index in [4.69, 9.17) is 10.8 Å². The quantitative estimate of drug-likeness (QED) is 0.0878. The summed E-state index contributed by atoms with van der Waals surface area (Å²) in [4.78, 5) is 79.0. The minimum Gasteiger partial charge on any atom is -0.480 e. The van der Waals surface area contributed by atoms with E-state index in [1.165, 1.54) is 0 Å². The van der Waals surface area contributed by atoms with Crippen LogP contribution in [0.4, 0.5) is 9.59 Å². The number of aliphatic carboxylic acids is 1. The second-order valence-corrected chi connectivity index (χ2v) is 8.62. The molecule has 0 aliphatic rings. The minimum absolute atomic E-state index is 0.00127. The standard InChI is InChI=1S/C25H36N6O8/c26-22(35)19(10-14-33)30-21(34)15-17-6-8-18(9-7-17)16-29-24(38)27-11-2-1-3-12-28-25(39)31-20(23(36)37)5-4-13-32/h6-9,13-14,19-20H,1-5,10-12,15-16H2,(H2,26,35)(H,30,34)(H,36,37)(H2,27,29,38)(H2,28,31,39). The molecule has 0 saturated heterocycles. The Hall–Kier alpha value is -4.49. The average molecular weight is 549 g/mol. The summed E-state index contributed by atoms with van der Waals surface area (Å²) >= 11 is 0. The molecule has 0 bridgehead atoms. The van der Waals surface area contributed by atoms with Crippen LogP contribution in [0.3, 0.4) is 0 Å². The van der Waals surface area contributed by atoms with Gasteiger partial charge in [-0.15, -0.1) is 0 Å². The van der Waals surface area contributed by atoms with Crippen molar-refractivity contribution in [3.05, 3.63) is 35.4 Å². The van der Waals surface area contributed by atoms with Crippen molar-refractivity contribution in [2.45, 2.75) is 63.6 Å². The molecule has 0 radical (unpaired) electrons. The molecule has 1 rings (SSSR count). The molecule has 39 heavy (non-hydrogen) atoms. The highest BCUT2D eigenvalue weighted by Crippen LogP contribution is 2.06. The number of urea groups is 2. The van der Waals surface area contributed by atoms with E-state index in [1.54, 1.807) is 24.3 Å². The first-order valence-electron chi connectivity index (χ1n) is 12.5. The van der Waals surface area contributed by atoms with Gasteiger partial charge < -0.3 is 47.0 Å². The number of unbranched alkanes of at least 4 members (excludes halogenated alkanes) is 2. The van der Waals surface area contributed by atoms with Crippen LogP contribution in [0.2, 0.25) is 0 Å². The summed E-state index contributed by atoms with van der Waals surface area (Å²) in [7, 11) is 0. The van der Waals surface area contributed by atoms with E-state index in [9.17, 15) is 33.6 Å². The lowest BCUT2D eigenvalue weighted by atomic mass is 10.1. The predicted octanol–water partition coefficient (Wildman–Crippen LogP) is -0.511. The fourth-order valence-electron chi connectivity index (χ4n) is 3.32. The smallest absolute Gasteiger partial charge is 0.326 e. The zero-order chi connectivity index (χ0) is 29.0. The number of hydrogen-bond acceptors (Lipinski definition) is 7. The Kier molecular flexibility index (Phi) is 15.6. The number of nitrogens with one attached hydrogen (secondary N) is 5. The summed E-state index contributed by atoms with van der Waals surface area (Å²) in [5.41, 5.74) is 6.64. The first-order chi connectivity index (χ1) is 18.7. The van der Waals surface area contributed by atoms with Crippen molar-refractivity contribution in [2.24, 2.45) is 5.73 Å². The number of carbonyl (C=O) groups is 7. The first-order valence-corrected chi connectivity index (χ1v) is 12.5. The highest BCUT2D eigenvalue weighted by atomic mass is 16.4. The second-order valence-electron chi connectivity index (χ2n) is 8.62. The van der Waals surface area contributed by atoms with Gasteiger partial charge >= 0.3 is 18.0 Å². The lowest BCUT2D eigenvalue weighted by Gasteiger charge is -2.14. The Morgan fingerprint density at radius 2 is 1.41 bits per heavy atom. The molecule has 14 heteroatoms. The van der Waals surface area contributed by atoms with E-state index in [2.05, 4.69) is 26.6 Å². The van der Waals surface area contributed by atoms with E-state index >= 15 is 0 Å². The van der Waals surface area contributed by atoms with Gasteiger partial charge in [-0.2, -0.15) is 0 Å². The fourth-order valence-corrected chi connectivity index (χ4v) is 3.32. The number of amides is 6. The molecule has 6 amide bonds. The third-order valence-corrected chi connectivity index (χ3v) is 5.45. The molecule has 0 saturated carbocycles. The van der Waals surface area contributed by atoms with Crippen LogP contribution in [0.5, 0.6) is 0 Å². The van der Waals surface area contributed by atoms with Crippen LogP contribution < -0.4 is 32.3 Å². The van der Waals surface area contributed by atoms with E-state index in [-0.39, 0.29) is 38.3 Å². The van der Waals surface area contributed by atoms with Crippen LogP contribution in [0, 0.1) is 0 Å². The van der Waals surface area contributed by atoms with Gasteiger partial charge in [0.05, 0.1) is 6.42 Å². The third kappa shape index (κ3) is 14.7. The maximum absolute atomic E-state index is 12.1. The molecule has 214 valence electrons. The monoisotopic (exact) mass is 548 g/mol. The largest absolute Gasteiger partial charge is 0.480 e. The van der Waals surface area contributed by atoms with Crippen molar-refractivity contribution in [1.29, 1.82) is 0 Å². The summed E-state index contributed by atoms with van der Waals surface area (Å²) in [5, 5.41) is 21.8. The molecule has 0 aromatic heterocycles. The van der Waals surface area contributed by atoms with Crippen molar-refractivity contribution in [1.82, 2.24) is 26.6 Å². The Morgan fingerprint density at radius 1 is 0.795 bits per heavy atom. The van der Waals surface area contributed by atoms with Gasteiger partial charge in [0.2, 0.25) is 11.8 Å². The molecule has 0 aliphatic heterocycles. The van der Waals surface area contributed by atoms with Gasteiger partial charge in [-0.1, -0.05) is 24.3 Å². The molecule has 0 spiro atoms. The number of nitrogens with two attached hydrogens (primary N) is 1. The molecule has 0 fully saturated rings. The molecule has 2 atom stereocenters. The van der Waals surface area contributed by atoms with Gasteiger partial charge in [-0.05, 0) is 36.8 Å². The first kappa shape index (κ1) is 32.5. The van der Waals surface area contributed by atoms with Crippen molar-refractivity contribution in [3.8, 4) is 0 Å². The summed E-state index contributed by atoms with van der Waals surface area (Å²) in [6.45, 7) is 1.03. The Balaban J connectivity index is 2.20. The molecule has 0 heterocycles. The highest BCUT2D eigenvalue weighted by Gasteiger charge is 2.19. The number of carboxylic acids is 1. The summed E-state index contributed by atoms with van der Waals surface area (Å²) in [6, 6.07) is 3.81. The normalized spacial score (nSPS) is 11.8. The van der Waals surface area contributed by atoms with Crippen molar-refractivity contribution >= 4 is 42.4 Å². The molecule has 14 nitrogen and oxygen atoms in total. The predicted molar refractivity (Wildman–Crippen MR) is 139 cm³/mol. The van der Waals surface area contributed by atoms with Crippen molar-refractivity contribution in [3.63, 3.8) is 0 Å². The summed E-state index contributed by atoms with van der Waals surface area (Å²) in [6.07, 6.45) is 3.00. The second kappa shape index (κ2) is 18.7. The van der Waals surface area contributed by atoms with Gasteiger partial charge in [0.25, 0.3) is 0 Å². The molecular formula is C25H36N6O8. The van der Waals surface area contributed by atoms with Gasteiger partial charge in [0.1, 0.15) is 24.7 Å². The van der Waals surface area contributed by atoms with E-state index in [0.717, 1.165) is 12.0 Å². The number of carbonyl (C=O) groups excluding carboxylic acids is 6. The summed E-state index contributed by atoms with van der Waals surface area (Å²) in [5.74, 6) is -2.43. The summed E-state index contributed by atoms with van der Waals surface area (Å²) < 4.78 is 0. The molecule has 0 aliphatic carbocycles. The number of carboxylic acid groups (broad SMARTS) is 1. The topological polar surface area (TPSA) is 226 Å². The molecule has 1 aromatic rings. The Labute approximate surface area is 225 Å². The van der Waals surface area contributed by atoms with Crippen LogP contribution >= 0.6 is 0 Å². The van der Waals surface area contributed by atoms with E-state index < -0.39 is 35.9 Å². The van der Waals surface area contributed by atoms with Gasteiger partial charge in [0.15, 0.2) is 0 Å². The zero-order valence-corrected chi connectivity index (χ0v) is 21.6. The van der Waals surface area contributed by atoms with Crippen LogP contribution in [0.25, 0.3) is 0 Å². The molecule has 1 aromatic carbocycles. The molecule has 8 N–H and O–H groups in total. The Bertz CT molecular complexity index is 985. The zero-order valence-electron chi connectivity index (χ0n) is 21.6. The maximum atomic E-state index is 12.1. The number of benzene rings is 1. The number of rotatable bonds is 19. The van der Waals surface area contributed by atoms with Crippen molar-refractivity contribution < 1.29 is 38.7 Å². The van der Waals surface area contributed by atoms with E-state index in [0.29, 0.717) is 44.1 Å². The van der Waals surface area contributed by atoms with Crippen molar-refractivity contribution in [2.75, 3.05) is 13.1 Å². The van der Waals surface area contributed by atoms with Crippen LogP contribution in [-0.2, 0) is 36.9 Å². The third-order valence-electron chi connectivity index (χ3n) is 5.45. The van der Waals surface area contributed by atoms with Crippen LogP contribution in [0.15, 0.2) is 24.3 Å². The maximum Gasteiger partial charge on any atom is 0.326 e. The molecular weight excluding hydrogens is 512 g/mol. The van der Waals surface area contributed by atoms with Gasteiger partial charge in [-0.3, -0.25) is 9.59 Å².